The van der Waals surface area contributed by atoms with Crippen LogP contribution in [0.4, 0.5) is 0 Å². The van der Waals surface area contributed by atoms with Crippen molar-refractivity contribution in [3.05, 3.63) is 0 Å². The lowest BCUT2D eigenvalue weighted by Crippen LogP contribution is -2.66. The van der Waals surface area contributed by atoms with Gasteiger partial charge in [-0.2, -0.15) is 0 Å². The van der Waals surface area contributed by atoms with Gasteiger partial charge in [-0.25, -0.2) is 0 Å². The van der Waals surface area contributed by atoms with Crippen molar-refractivity contribution in [3.63, 3.8) is 0 Å². The highest BCUT2D eigenvalue weighted by Crippen LogP contribution is 2.62. The van der Waals surface area contributed by atoms with Crippen molar-refractivity contribution in [2.24, 2.45) is 41.2 Å². The topological polar surface area (TPSA) is 26.0 Å². The molecule has 1 heteroatoms. The fraction of sp³-hybridized carbons (Fsp3) is 1.00. The molecule has 1 nitrogen and oxygen atoms in total. The molecule has 0 aromatic carbocycles. The SMILES string of the molecule is CCC1CC2CC3CCC4CC1C(C2)C3(N)C4. The van der Waals surface area contributed by atoms with E-state index in [0.29, 0.717) is 0 Å². The number of hydrogen-bond acceptors (Lipinski definition) is 1. The maximum atomic E-state index is 6.95. The van der Waals surface area contributed by atoms with Crippen molar-refractivity contribution in [1.29, 1.82) is 0 Å². The van der Waals surface area contributed by atoms with Gasteiger partial charge in [0, 0.05) is 5.54 Å². The Morgan fingerprint density at radius 2 is 1.94 bits per heavy atom. The molecule has 0 amide bonds. The van der Waals surface area contributed by atoms with Crippen LogP contribution in [0.3, 0.4) is 0 Å². The van der Waals surface area contributed by atoms with Gasteiger partial charge in [-0.05, 0) is 74.0 Å². The normalized spacial score (nSPS) is 60.4. The third-order valence-electron chi connectivity index (χ3n) is 7.11. The molecule has 2 N–H and O–H groups in total. The molecule has 0 spiro atoms. The summed E-state index contributed by atoms with van der Waals surface area (Å²) in [4.78, 5) is 0. The van der Waals surface area contributed by atoms with E-state index in [2.05, 4.69) is 6.92 Å². The van der Waals surface area contributed by atoms with Gasteiger partial charge in [0.05, 0.1) is 0 Å². The van der Waals surface area contributed by atoms with Crippen molar-refractivity contribution in [3.8, 4) is 0 Å². The molecule has 0 saturated heterocycles. The highest BCUT2D eigenvalue weighted by Gasteiger charge is 2.59. The van der Waals surface area contributed by atoms with Gasteiger partial charge in [-0.15, -0.1) is 0 Å². The van der Waals surface area contributed by atoms with Crippen molar-refractivity contribution in [1.82, 2.24) is 0 Å². The Morgan fingerprint density at radius 3 is 2.76 bits per heavy atom. The molecule has 4 fully saturated rings. The molecule has 17 heavy (non-hydrogen) atoms. The average Bonchev–Trinajstić information content (AvgIpc) is 2.35. The van der Waals surface area contributed by atoms with Gasteiger partial charge >= 0.3 is 0 Å². The molecule has 96 valence electrons. The van der Waals surface area contributed by atoms with Crippen molar-refractivity contribution < 1.29 is 0 Å². The predicted molar refractivity (Wildman–Crippen MR) is 70.5 cm³/mol. The van der Waals surface area contributed by atoms with E-state index in [1.165, 1.54) is 51.4 Å². The Labute approximate surface area is 106 Å². The summed E-state index contributed by atoms with van der Waals surface area (Å²) >= 11 is 0. The second kappa shape index (κ2) is 3.50. The van der Waals surface area contributed by atoms with Crippen molar-refractivity contribution in [2.75, 3.05) is 0 Å². The van der Waals surface area contributed by atoms with Crippen LogP contribution >= 0.6 is 0 Å². The zero-order valence-corrected chi connectivity index (χ0v) is 11.2. The van der Waals surface area contributed by atoms with Gasteiger partial charge in [0.2, 0.25) is 0 Å². The van der Waals surface area contributed by atoms with Crippen LogP contribution in [-0.2, 0) is 0 Å². The summed E-state index contributed by atoms with van der Waals surface area (Å²) in [5.74, 6) is 5.84. The number of rotatable bonds is 1. The molecule has 0 aromatic rings. The minimum Gasteiger partial charge on any atom is -0.325 e. The van der Waals surface area contributed by atoms with E-state index in [1.807, 2.05) is 0 Å². The summed E-state index contributed by atoms with van der Waals surface area (Å²) in [6, 6.07) is 0. The lowest BCUT2D eigenvalue weighted by atomic mass is 9.43. The smallest absolute Gasteiger partial charge is 0.0217 e. The molecule has 4 aliphatic carbocycles. The molecule has 4 aliphatic rings. The van der Waals surface area contributed by atoms with Gasteiger partial charge in [-0.1, -0.05) is 19.8 Å². The standard InChI is InChI=1S/C16H27N/c1-2-12-5-11-6-13-4-3-10-7-14(12)15(8-11)16(13,17)9-10/h10-15H,2-9,17H2,1H3. The maximum absolute atomic E-state index is 6.95. The molecule has 7 atom stereocenters. The first-order chi connectivity index (χ1) is 8.20. The van der Waals surface area contributed by atoms with E-state index < -0.39 is 0 Å². The minimum absolute atomic E-state index is 0.274. The van der Waals surface area contributed by atoms with Crippen LogP contribution in [0.25, 0.3) is 0 Å². The van der Waals surface area contributed by atoms with E-state index in [1.54, 1.807) is 0 Å². The third kappa shape index (κ3) is 1.35. The summed E-state index contributed by atoms with van der Waals surface area (Å²) in [6.07, 6.45) is 11.8. The molecular weight excluding hydrogens is 206 g/mol. The van der Waals surface area contributed by atoms with Crippen LogP contribution in [0, 0.1) is 35.5 Å². The first-order valence-electron chi connectivity index (χ1n) is 7.99. The Bertz CT molecular complexity index is 323. The third-order valence-corrected chi connectivity index (χ3v) is 7.11. The lowest BCUT2D eigenvalue weighted by molar-refractivity contribution is -0.108. The molecule has 7 unspecified atom stereocenters. The first-order valence-corrected chi connectivity index (χ1v) is 7.99. The molecule has 0 aromatic heterocycles. The van der Waals surface area contributed by atoms with Crippen LogP contribution in [0.1, 0.15) is 58.3 Å². The van der Waals surface area contributed by atoms with Gasteiger partial charge in [0.1, 0.15) is 0 Å². The van der Waals surface area contributed by atoms with Crippen molar-refractivity contribution in [2.45, 2.75) is 63.8 Å². The van der Waals surface area contributed by atoms with Gasteiger partial charge in [0.25, 0.3) is 0 Å². The summed E-state index contributed by atoms with van der Waals surface area (Å²) in [6.45, 7) is 2.41. The van der Waals surface area contributed by atoms with Crippen LogP contribution in [-0.4, -0.2) is 5.54 Å². The second-order valence-electron chi connectivity index (χ2n) is 7.70. The second-order valence-corrected chi connectivity index (χ2v) is 7.70. The molecule has 4 saturated carbocycles. The molecule has 4 rings (SSSR count). The monoisotopic (exact) mass is 233 g/mol. The van der Waals surface area contributed by atoms with Crippen LogP contribution in [0.2, 0.25) is 0 Å². The molecular formula is C16H27N. The quantitative estimate of drug-likeness (QED) is 0.736. The Balaban J connectivity index is 1.75. The molecule has 0 heterocycles. The minimum atomic E-state index is 0.274. The Morgan fingerprint density at radius 1 is 1.06 bits per heavy atom. The molecule has 0 aliphatic heterocycles. The number of hydrogen-bond donors (Lipinski definition) is 1. The van der Waals surface area contributed by atoms with E-state index in [0.717, 1.165) is 35.5 Å². The summed E-state index contributed by atoms with van der Waals surface area (Å²) < 4.78 is 0. The van der Waals surface area contributed by atoms with Crippen LogP contribution in [0.15, 0.2) is 0 Å². The van der Waals surface area contributed by atoms with Gasteiger partial charge in [-0.3, -0.25) is 0 Å². The van der Waals surface area contributed by atoms with E-state index >= 15 is 0 Å². The highest BCUT2D eigenvalue weighted by atomic mass is 14.8. The van der Waals surface area contributed by atoms with Gasteiger partial charge < -0.3 is 5.73 Å². The summed E-state index contributed by atoms with van der Waals surface area (Å²) in [7, 11) is 0. The number of nitrogens with two attached hydrogens (primary N) is 1. The maximum Gasteiger partial charge on any atom is 0.0217 e. The summed E-state index contributed by atoms with van der Waals surface area (Å²) in [5.41, 5.74) is 7.23. The summed E-state index contributed by atoms with van der Waals surface area (Å²) in [5, 5.41) is 0. The van der Waals surface area contributed by atoms with Crippen molar-refractivity contribution >= 4 is 0 Å². The zero-order chi connectivity index (χ0) is 11.6. The lowest BCUT2D eigenvalue weighted by Gasteiger charge is -2.64. The Hall–Kier alpha value is -0.0400. The fourth-order valence-corrected chi connectivity index (χ4v) is 6.45. The molecule has 0 radical (unpaired) electrons. The van der Waals surface area contributed by atoms with E-state index in [9.17, 15) is 0 Å². The number of fused-ring (bicyclic) bond motifs is 2. The fourth-order valence-electron chi connectivity index (χ4n) is 6.45. The van der Waals surface area contributed by atoms with E-state index in [-0.39, 0.29) is 5.54 Å². The molecule has 4 bridgehead atoms. The Kier molecular flexibility index (Phi) is 2.23. The predicted octanol–water partition coefficient (Wildman–Crippen LogP) is 3.58. The van der Waals surface area contributed by atoms with Gasteiger partial charge in [0.15, 0.2) is 0 Å². The van der Waals surface area contributed by atoms with Crippen LogP contribution in [0.5, 0.6) is 0 Å². The largest absolute Gasteiger partial charge is 0.325 e. The zero-order valence-electron chi connectivity index (χ0n) is 11.2. The first kappa shape index (κ1) is 10.8. The average molecular weight is 233 g/mol. The van der Waals surface area contributed by atoms with E-state index in [4.69, 9.17) is 5.73 Å². The van der Waals surface area contributed by atoms with Crippen LogP contribution < -0.4 is 5.73 Å². The highest BCUT2D eigenvalue weighted by molar-refractivity contribution is 5.13.